The summed E-state index contributed by atoms with van der Waals surface area (Å²) in [6.45, 7) is 7.26. The molecule has 0 aliphatic rings. The predicted octanol–water partition coefficient (Wildman–Crippen LogP) is 3.92. The minimum atomic E-state index is -3.08. The van der Waals surface area contributed by atoms with Crippen molar-refractivity contribution in [3.8, 4) is 0 Å². The third-order valence-corrected chi connectivity index (χ3v) is 6.49. The van der Waals surface area contributed by atoms with Crippen molar-refractivity contribution in [3.05, 3.63) is 35.4 Å². The Morgan fingerprint density at radius 2 is 1.79 bits per heavy atom. The number of aryl methyl sites for hydroxylation is 1. The van der Waals surface area contributed by atoms with Gasteiger partial charge in [-0.2, -0.15) is 0 Å². The normalized spacial score (nSPS) is 14.4. The van der Waals surface area contributed by atoms with Crippen LogP contribution in [0.4, 0.5) is 0 Å². The average Bonchev–Trinajstić information content (AvgIpc) is 2.30. The highest BCUT2D eigenvalue weighted by atomic mass is 35.5. The molecule has 1 rings (SSSR count). The van der Waals surface area contributed by atoms with Crippen LogP contribution in [-0.2, 0) is 9.84 Å². The van der Waals surface area contributed by atoms with E-state index in [1.54, 1.807) is 20.8 Å². The van der Waals surface area contributed by atoms with E-state index in [0.717, 1.165) is 5.56 Å². The van der Waals surface area contributed by atoms with E-state index in [1.165, 1.54) is 5.56 Å². The van der Waals surface area contributed by atoms with Gasteiger partial charge in [-0.1, -0.05) is 24.3 Å². The van der Waals surface area contributed by atoms with E-state index < -0.39 is 14.6 Å². The van der Waals surface area contributed by atoms with Gasteiger partial charge in [0, 0.05) is 5.88 Å². The highest BCUT2D eigenvalue weighted by Gasteiger charge is 2.29. The second-order valence-electron chi connectivity index (χ2n) is 5.93. The summed E-state index contributed by atoms with van der Waals surface area (Å²) >= 11 is 6.02. The molecule has 0 aliphatic carbocycles. The summed E-state index contributed by atoms with van der Waals surface area (Å²) in [4.78, 5) is 0. The van der Waals surface area contributed by atoms with E-state index in [1.807, 2.05) is 31.2 Å². The molecule has 1 unspecified atom stereocenters. The van der Waals surface area contributed by atoms with Crippen molar-refractivity contribution in [2.24, 2.45) is 0 Å². The van der Waals surface area contributed by atoms with Crippen molar-refractivity contribution < 1.29 is 8.42 Å². The maximum atomic E-state index is 12.1. The van der Waals surface area contributed by atoms with Gasteiger partial charge >= 0.3 is 0 Å². The summed E-state index contributed by atoms with van der Waals surface area (Å²) in [5.74, 6) is 0.729. The maximum Gasteiger partial charge on any atom is 0.155 e. The standard InChI is InChI=1S/C15H23ClO2S/c1-12-7-5-6-8-14(12)13(11-16)9-10-19(17,18)15(2,3)4/h5-8,13H,9-11H2,1-4H3. The third-order valence-electron chi connectivity index (χ3n) is 3.48. The van der Waals surface area contributed by atoms with Crippen LogP contribution in [0, 0.1) is 6.92 Å². The van der Waals surface area contributed by atoms with Gasteiger partial charge in [0.05, 0.1) is 10.5 Å². The van der Waals surface area contributed by atoms with Gasteiger partial charge in [-0.3, -0.25) is 0 Å². The Kier molecular flexibility index (Phi) is 5.45. The minimum Gasteiger partial charge on any atom is -0.228 e. The topological polar surface area (TPSA) is 34.1 Å². The Labute approximate surface area is 122 Å². The van der Waals surface area contributed by atoms with Crippen LogP contribution in [0.25, 0.3) is 0 Å². The van der Waals surface area contributed by atoms with Crippen LogP contribution in [-0.4, -0.2) is 24.8 Å². The van der Waals surface area contributed by atoms with Gasteiger partial charge in [-0.15, -0.1) is 11.6 Å². The summed E-state index contributed by atoms with van der Waals surface area (Å²) in [6.07, 6.45) is 0.577. The number of rotatable bonds is 5. The first kappa shape index (κ1) is 16.5. The van der Waals surface area contributed by atoms with Gasteiger partial charge in [-0.25, -0.2) is 8.42 Å². The van der Waals surface area contributed by atoms with Crippen molar-refractivity contribution in [2.75, 3.05) is 11.6 Å². The van der Waals surface area contributed by atoms with E-state index in [0.29, 0.717) is 12.3 Å². The van der Waals surface area contributed by atoms with E-state index in [4.69, 9.17) is 11.6 Å². The average molecular weight is 303 g/mol. The molecule has 4 heteroatoms. The lowest BCUT2D eigenvalue weighted by Gasteiger charge is -2.22. The van der Waals surface area contributed by atoms with Gasteiger partial charge in [-0.05, 0) is 51.2 Å². The van der Waals surface area contributed by atoms with Gasteiger partial charge in [0.1, 0.15) is 0 Å². The first-order valence-corrected chi connectivity index (χ1v) is 8.71. The lowest BCUT2D eigenvalue weighted by atomic mass is 9.94. The van der Waals surface area contributed by atoms with Crippen LogP contribution in [0.3, 0.4) is 0 Å². The van der Waals surface area contributed by atoms with E-state index >= 15 is 0 Å². The highest BCUT2D eigenvalue weighted by molar-refractivity contribution is 7.92. The Morgan fingerprint density at radius 1 is 1.21 bits per heavy atom. The summed E-state index contributed by atoms with van der Waals surface area (Å²) < 4.78 is 23.6. The molecule has 108 valence electrons. The number of benzene rings is 1. The number of sulfone groups is 1. The number of hydrogen-bond donors (Lipinski definition) is 0. The van der Waals surface area contributed by atoms with Crippen LogP contribution in [0.5, 0.6) is 0 Å². The molecule has 0 bridgehead atoms. The molecule has 1 aromatic carbocycles. The molecule has 0 fully saturated rings. The zero-order valence-corrected chi connectivity index (χ0v) is 13.7. The number of hydrogen-bond acceptors (Lipinski definition) is 2. The molecule has 0 N–H and O–H groups in total. The molecule has 1 atom stereocenters. The lowest BCUT2D eigenvalue weighted by Crippen LogP contribution is -2.31. The summed E-state index contributed by atoms with van der Waals surface area (Å²) in [5, 5.41) is 0. The van der Waals surface area contributed by atoms with E-state index in [2.05, 4.69) is 0 Å². The van der Waals surface area contributed by atoms with Crippen LogP contribution in [0.2, 0.25) is 0 Å². The fourth-order valence-corrected chi connectivity index (χ4v) is 3.49. The summed E-state index contributed by atoms with van der Waals surface area (Å²) in [6, 6.07) is 8.02. The zero-order chi connectivity index (χ0) is 14.7. The predicted molar refractivity (Wildman–Crippen MR) is 82.8 cm³/mol. The number of halogens is 1. The number of alkyl halides is 1. The maximum absolute atomic E-state index is 12.1. The molecule has 2 nitrogen and oxygen atoms in total. The third kappa shape index (κ3) is 4.22. The molecule has 0 spiro atoms. The second kappa shape index (κ2) is 6.27. The molecular weight excluding hydrogens is 280 g/mol. The first-order valence-electron chi connectivity index (χ1n) is 6.53. The monoisotopic (exact) mass is 302 g/mol. The van der Waals surface area contributed by atoms with Crippen molar-refractivity contribution in [2.45, 2.75) is 44.8 Å². The van der Waals surface area contributed by atoms with Crippen LogP contribution < -0.4 is 0 Å². The molecule has 0 aliphatic heterocycles. The SMILES string of the molecule is Cc1ccccc1C(CCl)CCS(=O)(=O)C(C)(C)C. The van der Waals surface area contributed by atoms with Crippen LogP contribution in [0.1, 0.15) is 44.2 Å². The van der Waals surface area contributed by atoms with Gasteiger partial charge in [0.15, 0.2) is 9.84 Å². The van der Waals surface area contributed by atoms with Crippen molar-refractivity contribution in [1.29, 1.82) is 0 Å². The summed E-state index contributed by atoms with van der Waals surface area (Å²) in [7, 11) is -3.08. The van der Waals surface area contributed by atoms with Gasteiger partial charge < -0.3 is 0 Å². The molecule has 1 aromatic rings. The van der Waals surface area contributed by atoms with Crippen molar-refractivity contribution in [1.82, 2.24) is 0 Å². The molecule has 0 saturated heterocycles. The Morgan fingerprint density at radius 3 is 2.26 bits per heavy atom. The fourth-order valence-electron chi connectivity index (χ4n) is 1.96. The van der Waals surface area contributed by atoms with Crippen molar-refractivity contribution in [3.63, 3.8) is 0 Å². The highest BCUT2D eigenvalue weighted by Crippen LogP contribution is 2.27. The molecule has 0 saturated carbocycles. The molecular formula is C15H23ClO2S. The smallest absolute Gasteiger partial charge is 0.155 e. The lowest BCUT2D eigenvalue weighted by molar-refractivity contribution is 0.554. The quantitative estimate of drug-likeness (QED) is 0.773. The minimum absolute atomic E-state index is 0.0972. The molecule has 0 heterocycles. The Balaban J connectivity index is 2.84. The Bertz CT molecular complexity index is 515. The molecule has 0 radical (unpaired) electrons. The van der Waals surface area contributed by atoms with Gasteiger partial charge in [0.25, 0.3) is 0 Å². The molecule has 19 heavy (non-hydrogen) atoms. The van der Waals surface area contributed by atoms with Gasteiger partial charge in [0.2, 0.25) is 0 Å². The largest absolute Gasteiger partial charge is 0.228 e. The summed E-state index contributed by atoms with van der Waals surface area (Å²) in [5.41, 5.74) is 2.32. The Hall–Kier alpha value is -0.540. The first-order chi connectivity index (χ1) is 8.69. The fraction of sp³-hybridized carbons (Fsp3) is 0.600. The van der Waals surface area contributed by atoms with Crippen LogP contribution in [0.15, 0.2) is 24.3 Å². The molecule has 0 aromatic heterocycles. The second-order valence-corrected chi connectivity index (χ2v) is 9.10. The van der Waals surface area contributed by atoms with Crippen LogP contribution >= 0.6 is 11.6 Å². The van der Waals surface area contributed by atoms with Crippen molar-refractivity contribution >= 4 is 21.4 Å². The molecule has 0 amide bonds. The van der Waals surface area contributed by atoms with E-state index in [-0.39, 0.29) is 11.7 Å². The van der Waals surface area contributed by atoms with E-state index in [9.17, 15) is 8.42 Å². The zero-order valence-electron chi connectivity index (χ0n) is 12.1.